The molecule has 4 N–H and O–H groups in total. The van der Waals surface area contributed by atoms with Crippen LogP contribution in [0.3, 0.4) is 0 Å². The normalized spacial score (nSPS) is 13.3. The molecule has 2 aromatic rings. The average molecular weight is 377 g/mol. The minimum Gasteiger partial charge on any atom is -0.399 e. The fourth-order valence-electron chi connectivity index (χ4n) is 1.58. The molecule has 2 rings (SSSR count). The Morgan fingerprint density at radius 1 is 1.40 bits per heavy atom. The standard InChI is InChI=1S/C12H13BrN2O3S2/c13-10-5-9(14)1-2-12(10)20(17,18)15-6-11(16)8-3-4-19-7-8/h1-5,7,11,15-16H,6,14H2. The predicted octanol–water partition coefficient (Wildman–Crippen LogP) is 2.10. The molecule has 5 nitrogen and oxygen atoms in total. The van der Waals surface area contributed by atoms with E-state index in [1.165, 1.54) is 29.5 Å². The van der Waals surface area contributed by atoms with Gasteiger partial charge >= 0.3 is 0 Å². The molecule has 0 radical (unpaired) electrons. The van der Waals surface area contributed by atoms with E-state index in [1.807, 2.05) is 5.38 Å². The van der Waals surface area contributed by atoms with E-state index in [2.05, 4.69) is 20.7 Å². The second-order valence-electron chi connectivity index (χ2n) is 4.11. The van der Waals surface area contributed by atoms with Crippen molar-refractivity contribution in [2.24, 2.45) is 0 Å². The minimum atomic E-state index is -3.70. The van der Waals surface area contributed by atoms with E-state index >= 15 is 0 Å². The van der Waals surface area contributed by atoms with Crippen LogP contribution in [0.25, 0.3) is 0 Å². The Balaban J connectivity index is 2.11. The fraction of sp³-hybridized carbons (Fsp3) is 0.167. The van der Waals surface area contributed by atoms with Gasteiger partial charge in [-0.1, -0.05) is 0 Å². The second-order valence-corrected chi connectivity index (χ2v) is 7.48. The van der Waals surface area contributed by atoms with E-state index in [0.717, 1.165) is 0 Å². The van der Waals surface area contributed by atoms with Crippen molar-refractivity contribution in [3.05, 3.63) is 45.1 Å². The summed E-state index contributed by atoms with van der Waals surface area (Å²) in [5, 5.41) is 13.5. The third-order valence-electron chi connectivity index (χ3n) is 2.64. The van der Waals surface area contributed by atoms with Gasteiger partial charge in [0.2, 0.25) is 10.0 Å². The van der Waals surface area contributed by atoms with Crippen molar-refractivity contribution in [2.75, 3.05) is 12.3 Å². The van der Waals surface area contributed by atoms with Crippen LogP contribution in [0.5, 0.6) is 0 Å². The van der Waals surface area contributed by atoms with Crippen LogP contribution in [-0.4, -0.2) is 20.1 Å². The molecule has 8 heteroatoms. The number of thiophene rings is 1. The maximum atomic E-state index is 12.1. The Kier molecular flexibility index (Phi) is 4.82. The van der Waals surface area contributed by atoms with Gasteiger partial charge in [0.05, 0.1) is 11.0 Å². The van der Waals surface area contributed by atoms with Gasteiger partial charge in [0.15, 0.2) is 0 Å². The molecule has 1 atom stereocenters. The molecule has 0 bridgehead atoms. The molecular formula is C12H13BrN2O3S2. The molecule has 0 fully saturated rings. The summed E-state index contributed by atoms with van der Waals surface area (Å²) in [4.78, 5) is 0.0872. The first kappa shape index (κ1) is 15.5. The molecule has 1 unspecified atom stereocenters. The first-order valence-corrected chi connectivity index (χ1v) is 8.87. The van der Waals surface area contributed by atoms with Crippen molar-refractivity contribution in [2.45, 2.75) is 11.0 Å². The van der Waals surface area contributed by atoms with Gasteiger partial charge in [-0.2, -0.15) is 11.3 Å². The monoisotopic (exact) mass is 376 g/mol. The largest absolute Gasteiger partial charge is 0.399 e. The molecule has 0 aliphatic rings. The number of rotatable bonds is 5. The molecule has 1 aromatic heterocycles. The molecule has 0 aliphatic carbocycles. The fourth-order valence-corrected chi connectivity index (χ4v) is 4.42. The summed E-state index contributed by atoms with van der Waals surface area (Å²) in [5.74, 6) is 0. The molecule has 0 spiro atoms. The van der Waals surface area contributed by atoms with Gasteiger partial charge < -0.3 is 10.8 Å². The van der Waals surface area contributed by atoms with Gasteiger partial charge in [0, 0.05) is 16.7 Å². The van der Waals surface area contributed by atoms with Crippen molar-refractivity contribution in [1.29, 1.82) is 0 Å². The highest BCUT2D eigenvalue weighted by molar-refractivity contribution is 9.10. The topological polar surface area (TPSA) is 92.4 Å². The third-order valence-corrected chi connectivity index (χ3v) is 5.74. The number of anilines is 1. The number of benzene rings is 1. The Hall–Kier alpha value is -0.930. The summed E-state index contributed by atoms with van der Waals surface area (Å²) in [6.07, 6.45) is -0.872. The molecule has 0 saturated carbocycles. The Labute approximate surface area is 129 Å². The predicted molar refractivity (Wildman–Crippen MR) is 83.0 cm³/mol. The Morgan fingerprint density at radius 3 is 2.75 bits per heavy atom. The lowest BCUT2D eigenvalue weighted by atomic mass is 10.2. The van der Waals surface area contributed by atoms with Crippen LogP contribution in [-0.2, 0) is 10.0 Å². The van der Waals surface area contributed by atoms with Gasteiger partial charge in [0.1, 0.15) is 0 Å². The maximum absolute atomic E-state index is 12.1. The summed E-state index contributed by atoms with van der Waals surface area (Å²) < 4.78 is 27.1. The van der Waals surface area contributed by atoms with Crippen LogP contribution in [0.4, 0.5) is 5.69 Å². The second kappa shape index (κ2) is 6.23. The Bertz CT molecular complexity index is 687. The van der Waals surface area contributed by atoms with Gasteiger partial charge in [-0.3, -0.25) is 0 Å². The summed E-state index contributed by atoms with van der Waals surface area (Å²) in [7, 11) is -3.70. The van der Waals surface area contributed by atoms with Crippen LogP contribution in [0.1, 0.15) is 11.7 Å². The first-order chi connectivity index (χ1) is 9.40. The summed E-state index contributed by atoms with van der Waals surface area (Å²) in [5.41, 5.74) is 6.73. The average Bonchev–Trinajstić information content (AvgIpc) is 2.89. The number of nitrogen functional groups attached to an aromatic ring is 1. The molecule has 20 heavy (non-hydrogen) atoms. The van der Waals surface area contributed by atoms with E-state index in [4.69, 9.17) is 5.73 Å². The number of halogens is 1. The van der Waals surface area contributed by atoms with Gasteiger partial charge in [-0.25, -0.2) is 13.1 Å². The van der Waals surface area contributed by atoms with E-state index in [1.54, 1.807) is 11.4 Å². The Morgan fingerprint density at radius 2 is 2.15 bits per heavy atom. The third kappa shape index (κ3) is 3.58. The van der Waals surface area contributed by atoms with Crippen molar-refractivity contribution in [3.8, 4) is 0 Å². The molecule has 1 heterocycles. The highest BCUT2D eigenvalue weighted by atomic mass is 79.9. The zero-order valence-electron chi connectivity index (χ0n) is 10.3. The highest BCUT2D eigenvalue weighted by Gasteiger charge is 2.19. The lowest BCUT2D eigenvalue weighted by Gasteiger charge is -2.12. The zero-order chi connectivity index (χ0) is 14.8. The summed E-state index contributed by atoms with van der Waals surface area (Å²) >= 11 is 4.61. The van der Waals surface area contributed by atoms with Gasteiger partial charge in [-0.05, 0) is 56.5 Å². The number of hydrogen-bond acceptors (Lipinski definition) is 5. The molecule has 0 aliphatic heterocycles. The van der Waals surface area contributed by atoms with Crippen LogP contribution < -0.4 is 10.5 Å². The van der Waals surface area contributed by atoms with Crippen LogP contribution in [0.2, 0.25) is 0 Å². The number of aliphatic hydroxyl groups is 1. The van der Waals surface area contributed by atoms with E-state index in [9.17, 15) is 13.5 Å². The van der Waals surface area contributed by atoms with Gasteiger partial charge in [0.25, 0.3) is 0 Å². The molecule has 1 aromatic carbocycles. The van der Waals surface area contributed by atoms with E-state index in [0.29, 0.717) is 15.7 Å². The number of sulfonamides is 1. The zero-order valence-corrected chi connectivity index (χ0v) is 13.5. The smallest absolute Gasteiger partial charge is 0.241 e. The summed E-state index contributed by atoms with van der Waals surface area (Å²) in [6, 6.07) is 6.19. The molecule has 108 valence electrons. The number of hydrogen-bond donors (Lipinski definition) is 3. The van der Waals surface area contributed by atoms with Crippen molar-refractivity contribution < 1.29 is 13.5 Å². The van der Waals surface area contributed by atoms with E-state index < -0.39 is 16.1 Å². The van der Waals surface area contributed by atoms with Crippen LogP contribution in [0.15, 0.2) is 44.4 Å². The minimum absolute atomic E-state index is 0.0872. The number of nitrogens with one attached hydrogen (secondary N) is 1. The molecule has 0 saturated heterocycles. The highest BCUT2D eigenvalue weighted by Crippen LogP contribution is 2.24. The van der Waals surface area contributed by atoms with Crippen molar-refractivity contribution >= 4 is 43.0 Å². The number of nitrogens with two attached hydrogens (primary N) is 1. The molecule has 0 amide bonds. The van der Waals surface area contributed by atoms with Crippen LogP contribution in [0, 0.1) is 0 Å². The van der Waals surface area contributed by atoms with Gasteiger partial charge in [-0.15, -0.1) is 0 Å². The van der Waals surface area contributed by atoms with Crippen molar-refractivity contribution in [3.63, 3.8) is 0 Å². The van der Waals surface area contributed by atoms with Crippen molar-refractivity contribution in [1.82, 2.24) is 4.72 Å². The quantitative estimate of drug-likeness (QED) is 0.696. The SMILES string of the molecule is Nc1ccc(S(=O)(=O)NCC(O)c2ccsc2)c(Br)c1. The molecular weight excluding hydrogens is 364 g/mol. The number of aliphatic hydroxyl groups excluding tert-OH is 1. The summed E-state index contributed by atoms with van der Waals surface area (Å²) in [6.45, 7) is -0.0874. The van der Waals surface area contributed by atoms with Crippen LogP contribution >= 0.6 is 27.3 Å². The maximum Gasteiger partial charge on any atom is 0.241 e. The lowest BCUT2D eigenvalue weighted by molar-refractivity contribution is 0.182. The first-order valence-electron chi connectivity index (χ1n) is 5.65. The lowest BCUT2D eigenvalue weighted by Crippen LogP contribution is -2.28. The van der Waals surface area contributed by atoms with E-state index in [-0.39, 0.29) is 11.4 Å².